The maximum absolute atomic E-state index is 11.9. The quantitative estimate of drug-likeness (QED) is 0.693. The summed E-state index contributed by atoms with van der Waals surface area (Å²) >= 11 is 5.27. The molecular formula is C12H14N2OS. The molecule has 0 radical (unpaired) electrons. The summed E-state index contributed by atoms with van der Waals surface area (Å²) in [5.74, 6) is 0.0462. The van der Waals surface area contributed by atoms with Crippen LogP contribution in [0.3, 0.4) is 0 Å². The van der Waals surface area contributed by atoms with Crippen molar-refractivity contribution < 1.29 is 4.79 Å². The van der Waals surface area contributed by atoms with Gasteiger partial charge in [0.25, 0.3) is 5.91 Å². The molecule has 2 rings (SSSR count). The molecule has 3 nitrogen and oxygen atoms in total. The minimum Gasteiger partial charge on any atom is -0.342 e. The summed E-state index contributed by atoms with van der Waals surface area (Å²) in [6.45, 7) is 4.36. The molecule has 1 aromatic carbocycles. The van der Waals surface area contributed by atoms with E-state index >= 15 is 0 Å². The van der Waals surface area contributed by atoms with Crippen molar-refractivity contribution in [1.82, 2.24) is 4.90 Å². The molecule has 1 heterocycles. The van der Waals surface area contributed by atoms with Gasteiger partial charge in [-0.25, -0.2) is 0 Å². The molecular weight excluding hydrogens is 220 g/mol. The second-order valence-electron chi connectivity index (χ2n) is 4.11. The van der Waals surface area contributed by atoms with E-state index in [0.717, 1.165) is 16.8 Å². The van der Waals surface area contributed by atoms with Gasteiger partial charge in [-0.1, -0.05) is 18.2 Å². The van der Waals surface area contributed by atoms with Crippen LogP contribution in [0.2, 0.25) is 0 Å². The van der Waals surface area contributed by atoms with E-state index < -0.39 is 0 Å². The Balaban J connectivity index is 2.53. The number of thiocarbonyl (C=S) groups is 1. The van der Waals surface area contributed by atoms with Gasteiger partial charge in [0.2, 0.25) is 0 Å². The third-order valence-corrected chi connectivity index (χ3v) is 3.30. The summed E-state index contributed by atoms with van der Waals surface area (Å²) in [6, 6.07) is 5.98. The van der Waals surface area contributed by atoms with Gasteiger partial charge >= 0.3 is 0 Å². The van der Waals surface area contributed by atoms with Crippen LogP contribution in [-0.2, 0) is 4.79 Å². The lowest BCUT2D eigenvalue weighted by Crippen LogP contribution is -2.32. The van der Waals surface area contributed by atoms with Crippen LogP contribution in [0.5, 0.6) is 0 Å². The molecule has 1 aliphatic heterocycles. The highest BCUT2D eigenvalue weighted by Crippen LogP contribution is 2.28. The number of para-hydroxylation sites is 1. The average molecular weight is 234 g/mol. The number of hydrogen-bond donors (Lipinski definition) is 0. The van der Waals surface area contributed by atoms with Crippen LogP contribution in [0, 0.1) is 13.8 Å². The molecule has 16 heavy (non-hydrogen) atoms. The number of aryl methyl sites for hydroxylation is 2. The number of rotatable bonds is 1. The number of carbonyl (C=O) groups excluding carboxylic acids is 1. The standard InChI is InChI=1S/C12H14N2OS/c1-8-5-4-6-9(2)11(8)14-10(15)7-13(3)12(14)16/h4-6H,7H2,1-3H3. The molecule has 4 heteroatoms. The topological polar surface area (TPSA) is 23.6 Å². The van der Waals surface area contributed by atoms with Crippen LogP contribution in [0.4, 0.5) is 5.69 Å². The summed E-state index contributed by atoms with van der Waals surface area (Å²) < 4.78 is 0. The van der Waals surface area contributed by atoms with Gasteiger partial charge in [0.15, 0.2) is 5.11 Å². The Morgan fingerprint density at radius 1 is 1.25 bits per heavy atom. The molecule has 0 unspecified atom stereocenters. The lowest BCUT2D eigenvalue weighted by molar-refractivity contribution is -0.116. The van der Waals surface area contributed by atoms with Crippen molar-refractivity contribution >= 4 is 28.9 Å². The molecule has 1 saturated heterocycles. The Morgan fingerprint density at radius 3 is 2.25 bits per heavy atom. The van der Waals surface area contributed by atoms with Crippen LogP contribution in [-0.4, -0.2) is 29.5 Å². The van der Waals surface area contributed by atoms with E-state index in [9.17, 15) is 4.79 Å². The second kappa shape index (κ2) is 3.87. The largest absolute Gasteiger partial charge is 0.342 e. The Bertz CT molecular complexity index is 450. The number of hydrogen-bond acceptors (Lipinski definition) is 2. The first kappa shape index (κ1) is 11.1. The highest BCUT2D eigenvalue weighted by atomic mass is 32.1. The van der Waals surface area contributed by atoms with Crippen molar-refractivity contribution in [1.29, 1.82) is 0 Å². The van der Waals surface area contributed by atoms with Gasteiger partial charge in [0, 0.05) is 7.05 Å². The minimum absolute atomic E-state index is 0.0462. The predicted octanol–water partition coefficient (Wildman–Crippen LogP) is 1.87. The molecule has 0 bridgehead atoms. The fraction of sp³-hybridized carbons (Fsp3) is 0.333. The molecule has 0 N–H and O–H groups in total. The monoisotopic (exact) mass is 234 g/mol. The van der Waals surface area contributed by atoms with E-state index in [1.807, 2.05) is 39.1 Å². The molecule has 0 aliphatic carbocycles. The molecule has 1 fully saturated rings. The predicted molar refractivity (Wildman–Crippen MR) is 68.6 cm³/mol. The van der Waals surface area contributed by atoms with E-state index in [4.69, 9.17) is 12.2 Å². The number of nitrogens with zero attached hydrogens (tertiary/aromatic N) is 2. The first-order chi connectivity index (χ1) is 7.52. The third kappa shape index (κ3) is 1.59. The SMILES string of the molecule is Cc1cccc(C)c1N1C(=O)CN(C)C1=S. The van der Waals surface area contributed by atoms with Crippen LogP contribution in [0.25, 0.3) is 0 Å². The fourth-order valence-electron chi connectivity index (χ4n) is 2.00. The van der Waals surface area contributed by atoms with Gasteiger partial charge in [0.1, 0.15) is 0 Å². The summed E-state index contributed by atoms with van der Waals surface area (Å²) in [7, 11) is 1.84. The van der Waals surface area contributed by atoms with Crippen molar-refractivity contribution in [3.05, 3.63) is 29.3 Å². The van der Waals surface area contributed by atoms with Gasteiger partial charge in [-0.3, -0.25) is 9.69 Å². The maximum atomic E-state index is 11.9. The summed E-state index contributed by atoms with van der Waals surface area (Å²) in [6.07, 6.45) is 0. The number of likely N-dealkylation sites (N-methyl/N-ethyl adjacent to an activating group) is 1. The lowest BCUT2D eigenvalue weighted by atomic mass is 10.1. The fourth-order valence-corrected chi connectivity index (χ4v) is 2.25. The zero-order valence-corrected chi connectivity index (χ0v) is 10.5. The zero-order valence-electron chi connectivity index (χ0n) is 9.65. The lowest BCUT2D eigenvalue weighted by Gasteiger charge is -2.21. The van der Waals surface area contributed by atoms with E-state index in [1.165, 1.54) is 0 Å². The van der Waals surface area contributed by atoms with Gasteiger partial charge < -0.3 is 4.90 Å². The Morgan fingerprint density at radius 2 is 1.81 bits per heavy atom. The van der Waals surface area contributed by atoms with E-state index in [-0.39, 0.29) is 5.91 Å². The van der Waals surface area contributed by atoms with Gasteiger partial charge in [-0.05, 0) is 37.2 Å². The highest BCUT2D eigenvalue weighted by Gasteiger charge is 2.32. The first-order valence-corrected chi connectivity index (χ1v) is 5.57. The Kier molecular flexibility index (Phi) is 2.68. The molecule has 0 aromatic heterocycles. The van der Waals surface area contributed by atoms with Crippen molar-refractivity contribution in [2.24, 2.45) is 0 Å². The first-order valence-electron chi connectivity index (χ1n) is 5.16. The van der Waals surface area contributed by atoms with Gasteiger partial charge in [-0.2, -0.15) is 0 Å². The molecule has 0 saturated carbocycles. The smallest absolute Gasteiger partial charge is 0.252 e. The number of benzene rings is 1. The van der Waals surface area contributed by atoms with E-state index in [0.29, 0.717) is 11.7 Å². The number of carbonyl (C=O) groups is 1. The molecule has 0 atom stereocenters. The van der Waals surface area contributed by atoms with Crippen LogP contribution in [0.15, 0.2) is 18.2 Å². The van der Waals surface area contributed by atoms with E-state index in [2.05, 4.69) is 0 Å². The summed E-state index contributed by atoms with van der Waals surface area (Å²) in [5.41, 5.74) is 3.08. The molecule has 0 spiro atoms. The average Bonchev–Trinajstić information content (AvgIpc) is 2.44. The van der Waals surface area contributed by atoms with Crippen LogP contribution in [0.1, 0.15) is 11.1 Å². The Hall–Kier alpha value is -1.42. The van der Waals surface area contributed by atoms with Crippen LogP contribution >= 0.6 is 12.2 Å². The van der Waals surface area contributed by atoms with Crippen molar-refractivity contribution in [2.45, 2.75) is 13.8 Å². The van der Waals surface area contributed by atoms with Gasteiger partial charge in [0.05, 0.1) is 12.2 Å². The van der Waals surface area contributed by atoms with Gasteiger partial charge in [-0.15, -0.1) is 0 Å². The highest BCUT2D eigenvalue weighted by molar-refractivity contribution is 7.80. The zero-order chi connectivity index (χ0) is 11.9. The van der Waals surface area contributed by atoms with Crippen molar-refractivity contribution in [2.75, 3.05) is 18.5 Å². The minimum atomic E-state index is 0.0462. The van der Waals surface area contributed by atoms with E-state index in [1.54, 1.807) is 9.80 Å². The number of amides is 1. The van der Waals surface area contributed by atoms with Crippen molar-refractivity contribution in [3.8, 4) is 0 Å². The molecule has 1 aromatic rings. The molecule has 1 aliphatic rings. The maximum Gasteiger partial charge on any atom is 0.252 e. The van der Waals surface area contributed by atoms with Crippen LogP contribution < -0.4 is 4.90 Å². The molecule has 84 valence electrons. The summed E-state index contributed by atoms with van der Waals surface area (Å²) in [4.78, 5) is 15.3. The normalized spacial score (nSPS) is 16.2. The summed E-state index contributed by atoms with van der Waals surface area (Å²) in [5, 5.41) is 0.586. The second-order valence-corrected chi connectivity index (χ2v) is 4.47. The molecule has 1 amide bonds. The Labute approximate surface area is 101 Å². The number of anilines is 1. The van der Waals surface area contributed by atoms with Crippen molar-refractivity contribution in [3.63, 3.8) is 0 Å². The third-order valence-electron chi connectivity index (χ3n) is 2.80.